The minimum Gasteiger partial charge on any atom is -0.504 e. The monoisotopic (exact) mass is 243 g/mol. The van der Waals surface area contributed by atoms with Crippen LogP contribution in [0.4, 0.5) is 0 Å². The number of nitrogens with one attached hydrogen (secondary N) is 1. The Bertz CT molecular complexity index is 497. The van der Waals surface area contributed by atoms with E-state index in [-0.39, 0.29) is 5.75 Å². The van der Waals surface area contributed by atoms with E-state index in [4.69, 9.17) is 4.74 Å². The van der Waals surface area contributed by atoms with E-state index < -0.39 is 0 Å². The highest BCUT2D eigenvalue weighted by Gasteiger charge is 2.04. The van der Waals surface area contributed by atoms with Gasteiger partial charge in [0.1, 0.15) is 6.61 Å². The van der Waals surface area contributed by atoms with Crippen LogP contribution in [0.5, 0.6) is 11.5 Å². The fourth-order valence-electron chi connectivity index (χ4n) is 1.72. The molecule has 0 amide bonds. The first-order valence-corrected chi connectivity index (χ1v) is 5.93. The Hall–Kier alpha value is -2.00. The van der Waals surface area contributed by atoms with E-state index in [0.29, 0.717) is 12.4 Å². The fourth-order valence-corrected chi connectivity index (χ4v) is 1.72. The lowest BCUT2D eigenvalue weighted by Crippen LogP contribution is -2.05. The molecule has 0 spiro atoms. The quantitative estimate of drug-likeness (QED) is 0.848. The third-order valence-electron chi connectivity index (χ3n) is 2.64. The molecule has 0 fully saturated rings. The molecule has 3 nitrogen and oxygen atoms in total. The van der Waals surface area contributed by atoms with Crippen molar-refractivity contribution in [1.82, 2.24) is 5.32 Å². The first-order chi connectivity index (χ1) is 8.79. The highest BCUT2D eigenvalue weighted by molar-refractivity contribution is 5.42. The van der Waals surface area contributed by atoms with Crippen LogP contribution in [0.15, 0.2) is 48.5 Å². The summed E-state index contributed by atoms with van der Waals surface area (Å²) in [6.07, 6.45) is 0. The lowest BCUT2D eigenvalue weighted by Gasteiger charge is -2.10. The number of phenolic OH excluding ortho intramolecular Hbond substituents is 1. The third-order valence-corrected chi connectivity index (χ3v) is 2.64. The zero-order valence-corrected chi connectivity index (χ0v) is 10.4. The number of rotatable bonds is 5. The maximum atomic E-state index is 9.74. The first-order valence-electron chi connectivity index (χ1n) is 5.93. The normalized spacial score (nSPS) is 10.3. The van der Waals surface area contributed by atoms with E-state index in [1.165, 1.54) is 0 Å². The van der Waals surface area contributed by atoms with Crippen LogP contribution in [0.3, 0.4) is 0 Å². The van der Waals surface area contributed by atoms with Gasteiger partial charge in [0.2, 0.25) is 0 Å². The number of hydrogen-bond donors (Lipinski definition) is 2. The molecule has 0 aliphatic carbocycles. The third kappa shape index (κ3) is 3.25. The van der Waals surface area contributed by atoms with Gasteiger partial charge in [-0.25, -0.2) is 0 Å². The van der Waals surface area contributed by atoms with Crippen LogP contribution < -0.4 is 10.1 Å². The summed E-state index contributed by atoms with van der Waals surface area (Å²) in [6.45, 7) is 1.21. The molecule has 2 rings (SSSR count). The van der Waals surface area contributed by atoms with Crippen molar-refractivity contribution in [2.45, 2.75) is 13.2 Å². The Labute approximate surface area is 107 Å². The number of phenols is 1. The predicted octanol–water partition coefficient (Wildman–Crippen LogP) is 2.69. The van der Waals surface area contributed by atoms with Crippen molar-refractivity contribution in [2.24, 2.45) is 0 Å². The summed E-state index contributed by atoms with van der Waals surface area (Å²) in [6, 6.07) is 15.3. The first kappa shape index (κ1) is 12.5. The molecule has 0 bridgehead atoms. The average Bonchev–Trinajstić information content (AvgIpc) is 2.41. The number of hydrogen-bond acceptors (Lipinski definition) is 3. The van der Waals surface area contributed by atoms with E-state index in [9.17, 15) is 5.11 Å². The molecule has 2 aromatic rings. The molecule has 2 aromatic carbocycles. The zero-order valence-electron chi connectivity index (χ0n) is 10.4. The number of benzene rings is 2. The van der Waals surface area contributed by atoms with Crippen molar-refractivity contribution in [2.75, 3.05) is 7.05 Å². The lowest BCUT2D eigenvalue weighted by molar-refractivity contribution is 0.288. The summed E-state index contributed by atoms with van der Waals surface area (Å²) in [4.78, 5) is 0. The minimum absolute atomic E-state index is 0.172. The zero-order chi connectivity index (χ0) is 12.8. The van der Waals surface area contributed by atoms with E-state index >= 15 is 0 Å². The van der Waals surface area contributed by atoms with Crippen LogP contribution in [-0.4, -0.2) is 12.2 Å². The molecular formula is C15H17NO2. The second-order valence-corrected chi connectivity index (χ2v) is 4.11. The summed E-state index contributed by atoms with van der Waals surface area (Å²) in [7, 11) is 1.89. The Balaban J connectivity index is 2.06. The van der Waals surface area contributed by atoms with Crippen LogP contribution in [0.2, 0.25) is 0 Å². The van der Waals surface area contributed by atoms with Crippen LogP contribution in [-0.2, 0) is 13.2 Å². The lowest BCUT2D eigenvalue weighted by atomic mass is 10.2. The summed E-state index contributed by atoms with van der Waals surface area (Å²) in [5.41, 5.74) is 2.16. The van der Waals surface area contributed by atoms with Crippen molar-refractivity contribution in [3.05, 3.63) is 59.7 Å². The average molecular weight is 243 g/mol. The predicted molar refractivity (Wildman–Crippen MR) is 71.6 cm³/mol. The van der Waals surface area contributed by atoms with E-state index in [1.807, 2.05) is 49.5 Å². The molecule has 0 radical (unpaired) electrons. The highest BCUT2D eigenvalue weighted by Crippen LogP contribution is 2.27. The molecule has 0 aliphatic heterocycles. The van der Waals surface area contributed by atoms with Gasteiger partial charge in [-0.2, -0.15) is 0 Å². The summed E-state index contributed by atoms with van der Waals surface area (Å²) in [5.74, 6) is 0.692. The standard InChI is InChI=1S/C15H17NO2/c1-16-10-13-7-8-14(17)15(9-13)18-11-12-5-3-2-4-6-12/h2-9,16-17H,10-11H2,1H3. The van der Waals surface area contributed by atoms with Gasteiger partial charge in [0, 0.05) is 6.54 Å². The molecule has 0 unspecified atom stereocenters. The molecule has 0 saturated carbocycles. The fraction of sp³-hybridized carbons (Fsp3) is 0.200. The van der Waals surface area contributed by atoms with Gasteiger partial charge in [-0.3, -0.25) is 0 Å². The van der Waals surface area contributed by atoms with Crippen molar-refractivity contribution in [3.63, 3.8) is 0 Å². The Morgan fingerprint density at radius 3 is 2.56 bits per heavy atom. The van der Waals surface area contributed by atoms with Gasteiger partial charge in [0.25, 0.3) is 0 Å². The van der Waals surface area contributed by atoms with Crippen molar-refractivity contribution >= 4 is 0 Å². The largest absolute Gasteiger partial charge is 0.504 e. The minimum atomic E-state index is 0.172. The molecule has 0 atom stereocenters. The molecule has 0 aromatic heterocycles. The topological polar surface area (TPSA) is 41.5 Å². The summed E-state index contributed by atoms with van der Waals surface area (Å²) >= 11 is 0. The van der Waals surface area contributed by atoms with Gasteiger partial charge in [-0.05, 0) is 30.3 Å². The SMILES string of the molecule is CNCc1ccc(O)c(OCc2ccccc2)c1. The smallest absolute Gasteiger partial charge is 0.161 e. The molecule has 0 heterocycles. The molecule has 18 heavy (non-hydrogen) atoms. The van der Waals surface area contributed by atoms with Crippen LogP contribution >= 0.6 is 0 Å². The van der Waals surface area contributed by atoms with Crippen molar-refractivity contribution in [3.8, 4) is 11.5 Å². The highest BCUT2D eigenvalue weighted by atomic mass is 16.5. The summed E-state index contributed by atoms with van der Waals surface area (Å²) < 4.78 is 5.63. The van der Waals surface area contributed by atoms with Gasteiger partial charge in [0.15, 0.2) is 11.5 Å². The molecular weight excluding hydrogens is 226 g/mol. The van der Waals surface area contributed by atoms with Crippen molar-refractivity contribution < 1.29 is 9.84 Å². The molecule has 2 N–H and O–H groups in total. The van der Waals surface area contributed by atoms with Gasteiger partial charge in [-0.15, -0.1) is 0 Å². The Morgan fingerprint density at radius 2 is 1.83 bits per heavy atom. The van der Waals surface area contributed by atoms with Crippen LogP contribution in [0, 0.1) is 0 Å². The van der Waals surface area contributed by atoms with Crippen LogP contribution in [0.25, 0.3) is 0 Å². The molecule has 0 aliphatic rings. The van der Waals surface area contributed by atoms with E-state index in [1.54, 1.807) is 6.07 Å². The second kappa shape index (κ2) is 6.07. The maximum absolute atomic E-state index is 9.74. The van der Waals surface area contributed by atoms with E-state index in [2.05, 4.69) is 5.32 Å². The van der Waals surface area contributed by atoms with E-state index in [0.717, 1.165) is 17.7 Å². The molecule has 0 saturated heterocycles. The van der Waals surface area contributed by atoms with Crippen LogP contribution in [0.1, 0.15) is 11.1 Å². The maximum Gasteiger partial charge on any atom is 0.161 e. The Kier molecular flexibility index (Phi) is 4.20. The second-order valence-electron chi connectivity index (χ2n) is 4.11. The van der Waals surface area contributed by atoms with Crippen molar-refractivity contribution in [1.29, 1.82) is 0 Å². The Morgan fingerprint density at radius 1 is 1.06 bits per heavy atom. The number of ether oxygens (including phenoxy) is 1. The van der Waals surface area contributed by atoms with Gasteiger partial charge >= 0.3 is 0 Å². The summed E-state index contributed by atoms with van der Waals surface area (Å²) in [5, 5.41) is 12.8. The van der Waals surface area contributed by atoms with Gasteiger partial charge in [0.05, 0.1) is 0 Å². The van der Waals surface area contributed by atoms with Gasteiger partial charge in [-0.1, -0.05) is 36.4 Å². The van der Waals surface area contributed by atoms with Gasteiger partial charge < -0.3 is 15.2 Å². The molecule has 3 heteroatoms. The number of aromatic hydroxyl groups is 1. The molecule has 94 valence electrons.